The van der Waals surface area contributed by atoms with Gasteiger partial charge < -0.3 is 10.1 Å². The number of rotatable bonds is 4. The molecule has 1 aliphatic rings. The van der Waals surface area contributed by atoms with Gasteiger partial charge in [0, 0.05) is 11.4 Å². The van der Waals surface area contributed by atoms with Crippen LogP contribution < -0.4 is 10.1 Å². The molecule has 1 saturated carbocycles. The van der Waals surface area contributed by atoms with E-state index in [1.54, 1.807) is 25.3 Å². The predicted molar refractivity (Wildman–Crippen MR) is 77.8 cm³/mol. The van der Waals surface area contributed by atoms with Crippen molar-refractivity contribution in [2.75, 3.05) is 12.4 Å². The van der Waals surface area contributed by atoms with Crippen LogP contribution in [0.25, 0.3) is 0 Å². The van der Waals surface area contributed by atoms with E-state index in [2.05, 4.69) is 5.32 Å². The van der Waals surface area contributed by atoms with Gasteiger partial charge in [0.1, 0.15) is 5.75 Å². The summed E-state index contributed by atoms with van der Waals surface area (Å²) in [6.45, 7) is 0. The van der Waals surface area contributed by atoms with Crippen LogP contribution in [0, 0.1) is 5.92 Å². The predicted octanol–water partition coefficient (Wildman–Crippen LogP) is 4.26. The molecule has 1 aromatic carbocycles. The molecule has 19 heavy (non-hydrogen) atoms. The number of hydrogen-bond donors (Lipinski definition) is 1. The van der Waals surface area contributed by atoms with Gasteiger partial charge in [-0.05, 0) is 37.0 Å². The maximum atomic E-state index is 12.1. The average Bonchev–Trinajstić information content (AvgIpc) is 2.40. The minimum absolute atomic E-state index is 0.0486. The van der Waals surface area contributed by atoms with Gasteiger partial charge in [0.05, 0.1) is 12.8 Å². The maximum absolute atomic E-state index is 12.1. The Morgan fingerprint density at radius 3 is 2.79 bits per heavy atom. The Bertz CT molecular complexity index is 442. The number of methoxy groups -OCH3 is 1. The third kappa shape index (κ3) is 4.13. The molecule has 2 rings (SSSR count). The van der Waals surface area contributed by atoms with Gasteiger partial charge in [-0.15, -0.1) is 0 Å². The molecule has 0 aromatic heterocycles. The Balaban J connectivity index is 1.95. The molecule has 1 aliphatic carbocycles. The highest BCUT2D eigenvalue weighted by atomic mass is 35.5. The van der Waals surface area contributed by atoms with Crippen molar-refractivity contribution < 1.29 is 9.53 Å². The lowest BCUT2D eigenvalue weighted by molar-refractivity contribution is -0.117. The summed E-state index contributed by atoms with van der Waals surface area (Å²) in [7, 11) is 1.58. The number of nitrogens with one attached hydrogen (secondary N) is 1. The highest BCUT2D eigenvalue weighted by molar-refractivity contribution is 6.31. The molecule has 0 radical (unpaired) electrons. The molecular weight excluding hydrogens is 262 g/mol. The van der Waals surface area contributed by atoms with Gasteiger partial charge in [-0.2, -0.15) is 0 Å². The molecule has 0 heterocycles. The lowest BCUT2D eigenvalue weighted by Crippen LogP contribution is -2.18. The Morgan fingerprint density at radius 2 is 2.11 bits per heavy atom. The van der Waals surface area contributed by atoms with Gasteiger partial charge in [-0.3, -0.25) is 4.79 Å². The van der Waals surface area contributed by atoms with Crippen LogP contribution in [-0.2, 0) is 4.79 Å². The highest BCUT2D eigenvalue weighted by Crippen LogP contribution is 2.30. The zero-order valence-corrected chi connectivity index (χ0v) is 12.0. The minimum atomic E-state index is 0.0486. The number of carbonyl (C=O) groups excluding carboxylic acids is 1. The zero-order chi connectivity index (χ0) is 13.7. The third-order valence-corrected chi connectivity index (χ3v) is 3.87. The van der Waals surface area contributed by atoms with Crippen molar-refractivity contribution in [3.63, 3.8) is 0 Å². The highest BCUT2D eigenvalue weighted by Gasteiger charge is 2.17. The summed E-state index contributed by atoms with van der Waals surface area (Å²) in [5.41, 5.74) is 0.649. The summed E-state index contributed by atoms with van der Waals surface area (Å²) >= 11 is 5.94. The van der Waals surface area contributed by atoms with Crippen molar-refractivity contribution in [1.29, 1.82) is 0 Å². The average molecular weight is 282 g/mol. The fourth-order valence-electron chi connectivity index (χ4n) is 2.63. The van der Waals surface area contributed by atoms with Gasteiger partial charge in [-0.1, -0.05) is 30.9 Å². The van der Waals surface area contributed by atoms with E-state index in [9.17, 15) is 4.79 Å². The molecule has 1 fully saturated rings. The van der Waals surface area contributed by atoms with Gasteiger partial charge in [-0.25, -0.2) is 0 Å². The largest absolute Gasteiger partial charge is 0.495 e. The van der Waals surface area contributed by atoms with Crippen molar-refractivity contribution >= 4 is 23.2 Å². The van der Waals surface area contributed by atoms with Gasteiger partial charge in [0.2, 0.25) is 5.91 Å². The van der Waals surface area contributed by atoms with Crippen molar-refractivity contribution in [3.05, 3.63) is 23.2 Å². The van der Waals surface area contributed by atoms with Gasteiger partial charge in [0.15, 0.2) is 0 Å². The summed E-state index contributed by atoms with van der Waals surface area (Å²) in [6.07, 6.45) is 6.73. The summed E-state index contributed by atoms with van der Waals surface area (Å²) in [4.78, 5) is 12.1. The lowest BCUT2D eigenvalue weighted by Gasteiger charge is -2.21. The number of anilines is 1. The van der Waals surface area contributed by atoms with Crippen molar-refractivity contribution in [1.82, 2.24) is 0 Å². The van der Waals surface area contributed by atoms with E-state index in [0.29, 0.717) is 28.8 Å². The topological polar surface area (TPSA) is 38.3 Å². The molecule has 0 unspecified atom stereocenters. The second kappa shape index (κ2) is 6.80. The maximum Gasteiger partial charge on any atom is 0.224 e. The molecule has 0 spiro atoms. The fraction of sp³-hybridized carbons (Fsp3) is 0.533. The number of benzene rings is 1. The standard InChI is InChI=1S/C15H20ClNO2/c1-19-14-8-7-12(16)10-13(14)17-15(18)9-11-5-3-2-4-6-11/h7-8,10-11H,2-6,9H2,1H3,(H,17,18). The van der Waals surface area contributed by atoms with Crippen LogP contribution in [0.1, 0.15) is 38.5 Å². The molecule has 0 aliphatic heterocycles. The van der Waals surface area contributed by atoms with Crippen molar-refractivity contribution in [2.24, 2.45) is 5.92 Å². The van der Waals surface area contributed by atoms with Crippen LogP contribution in [0.3, 0.4) is 0 Å². The number of amides is 1. The summed E-state index contributed by atoms with van der Waals surface area (Å²) < 4.78 is 5.22. The number of hydrogen-bond acceptors (Lipinski definition) is 2. The quantitative estimate of drug-likeness (QED) is 0.895. The van der Waals surface area contributed by atoms with Crippen LogP contribution in [0.15, 0.2) is 18.2 Å². The van der Waals surface area contributed by atoms with Crippen LogP contribution in [0.2, 0.25) is 5.02 Å². The van der Waals surface area contributed by atoms with Crippen LogP contribution in [-0.4, -0.2) is 13.0 Å². The molecule has 104 valence electrons. The zero-order valence-electron chi connectivity index (χ0n) is 11.2. The molecular formula is C15H20ClNO2. The van der Waals surface area contributed by atoms with Gasteiger partial charge in [0.25, 0.3) is 0 Å². The first-order chi connectivity index (χ1) is 9.19. The Kier molecular flexibility index (Phi) is 5.08. The fourth-order valence-corrected chi connectivity index (χ4v) is 2.80. The summed E-state index contributed by atoms with van der Waals surface area (Å²) in [5.74, 6) is 1.22. The number of halogens is 1. The van der Waals surface area contributed by atoms with E-state index >= 15 is 0 Å². The Labute approximate surface area is 119 Å². The molecule has 0 saturated heterocycles. The second-order valence-electron chi connectivity index (χ2n) is 5.10. The first-order valence-electron chi connectivity index (χ1n) is 6.82. The van der Waals surface area contributed by atoms with E-state index in [0.717, 1.165) is 0 Å². The van der Waals surface area contributed by atoms with Crippen LogP contribution >= 0.6 is 11.6 Å². The second-order valence-corrected chi connectivity index (χ2v) is 5.54. The molecule has 3 nitrogen and oxygen atoms in total. The van der Waals surface area contributed by atoms with E-state index in [1.165, 1.54) is 32.1 Å². The Hall–Kier alpha value is -1.22. The van der Waals surface area contributed by atoms with Gasteiger partial charge >= 0.3 is 0 Å². The third-order valence-electron chi connectivity index (χ3n) is 3.63. The molecule has 0 bridgehead atoms. The normalized spacial score (nSPS) is 16.1. The molecule has 0 atom stereocenters. The van der Waals surface area contributed by atoms with Crippen LogP contribution in [0.4, 0.5) is 5.69 Å². The Morgan fingerprint density at radius 1 is 1.37 bits per heavy atom. The van der Waals surface area contributed by atoms with E-state index in [1.807, 2.05) is 0 Å². The minimum Gasteiger partial charge on any atom is -0.495 e. The molecule has 1 N–H and O–H groups in total. The molecule has 1 aromatic rings. The monoisotopic (exact) mass is 281 g/mol. The first-order valence-corrected chi connectivity index (χ1v) is 7.20. The van der Waals surface area contributed by atoms with Crippen LogP contribution in [0.5, 0.6) is 5.75 Å². The summed E-state index contributed by atoms with van der Waals surface area (Å²) in [6, 6.07) is 5.23. The first kappa shape index (κ1) is 14.2. The van der Waals surface area contributed by atoms with E-state index in [-0.39, 0.29) is 5.91 Å². The number of ether oxygens (including phenoxy) is 1. The summed E-state index contributed by atoms with van der Waals surface area (Å²) in [5, 5.41) is 3.49. The molecule has 1 amide bonds. The number of carbonyl (C=O) groups is 1. The van der Waals surface area contributed by atoms with Crippen molar-refractivity contribution in [2.45, 2.75) is 38.5 Å². The lowest BCUT2D eigenvalue weighted by atomic mass is 9.87. The van der Waals surface area contributed by atoms with E-state index < -0.39 is 0 Å². The van der Waals surface area contributed by atoms with Crippen molar-refractivity contribution in [3.8, 4) is 5.75 Å². The van der Waals surface area contributed by atoms with E-state index in [4.69, 9.17) is 16.3 Å². The smallest absolute Gasteiger partial charge is 0.224 e. The SMILES string of the molecule is COc1ccc(Cl)cc1NC(=O)CC1CCCCC1. The molecule has 4 heteroatoms.